The minimum atomic E-state index is -3.86. The van der Waals surface area contributed by atoms with E-state index in [0.29, 0.717) is 16.3 Å². The van der Waals surface area contributed by atoms with Crippen LogP contribution in [0.15, 0.2) is 47.4 Å². The van der Waals surface area contributed by atoms with Gasteiger partial charge < -0.3 is 5.73 Å². The molecule has 2 aromatic carbocycles. The summed E-state index contributed by atoms with van der Waals surface area (Å²) >= 11 is 6.03. The Kier molecular flexibility index (Phi) is 3.15. The molecular formula is C14H11ClN2O3S. The lowest BCUT2D eigenvalue weighted by Crippen LogP contribution is -2.29. The third-order valence-electron chi connectivity index (χ3n) is 3.30. The van der Waals surface area contributed by atoms with Gasteiger partial charge in [-0.15, -0.1) is 0 Å². The third kappa shape index (κ3) is 2.16. The quantitative estimate of drug-likeness (QED) is 0.860. The van der Waals surface area contributed by atoms with Crippen molar-refractivity contribution in [2.45, 2.75) is 11.4 Å². The van der Waals surface area contributed by atoms with Gasteiger partial charge in [0, 0.05) is 10.7 Å². The van der Waals surface area contributed by atoms with Crippen molar-refractivity contribution in [3.8, 4) is 0 Å². The van der Waals surface area contributed by atoms with Gasteiger partial charge in [-0.1, -0.05) is 29.8 Å². The normalized spacial score (nSPS) is 16.0. The molecule has 7 heteroatoms. The zero-order chi connectivity index (χ0) is 15.2. The van der Waals surface area contributed by atoms with Gasteiger partial charge in [0.15, 0.2) is 0 Å². The Bertz CT molecular complexity index is 849. The van der Waals surface area contributed by atoms with Crippen molar-refractivity contribution in [1.82, 2.24) is 4.31 Å². The summed E-state index contributed by atoms with van der Waals surface area (Å²) in [5, 5.41) is 0.413. The van der Waals surface area contributed by atoms with Crippen molar-refractivity contribution in [3.63, 3.8) is 0 Å². The van der Waals surface area contributed by atoms with E-state index in [-0.39, 0.29) is 17.0 Å². The van der Waals surface area contributed by atoms with E-state index in [1.807, 2.05) is 0 Å². The first-order valence-electron chi connectivity index (χ1n) is 6.11. The SMILES string of the molecule is Nc1ccc2c(c1)C(=O)N(Cc1ccccc1Cl)S2(=O)=O. The topological polar surface area (TPSA) is 80.5 Å². The van der Waals surface area contributed by atoms with Crippen LogP contribution in [0.2, 0.25) is 5.02 Å². The first-order chi connectivity index (χ1) is 9.91. The van der Waals surface area contributed by atoms with Gasteiger partial charge in [0.05, 0.1) is 12.1 Å². The number of fused-ring (bicyclic) bond motifs is 1. The minimum Gasteiger partial charge on any atom is -0.399 e. The smallest absolute Gasteiger partial charge is 0.269 e. The van der Waals surface area contributed by atoms with E-state index in [4.69, 9.17) is 17.3 Å². The fourth-order valence-corrected chi connectivity index (χ4v) is 3.96. The zero-order valence-electron chi connectivity index (χ0n) is 10.8. The monoisotopic (exact) mass is 322 g/mol. The minimum absolute atomic E-state index is 0.0197. The summed E-state index contributed by atoms with van der Waals surface area (Å²) in [7, 11) is -3.86. The summed E-state index contributed by atoms with van der Waals surface area (Å²) in [6.07, 6.45) is 0. The summed E-state index contributed by atoms with van der Waals surface area (Å²) in [5.41, 5.74) is 6.63. The maximum atomic E-state index is 12.4. The van der Waals surface area contributed by atoms with E-state index in [0.717, 1.165) is 4.31 Å². The highest BCUT2D eigenvalue weighted by Gasteiger charge is 2.41. The zero-order valence-corrected chi connectivity index (χ0v) is 12.4. The Labute approximate surface area is 127 Å². The third-order valence-corrected chi connectivity index (χ3v) is 5.46. The molecule has 1 aliphatic rings. The van der Waals surface area contributed by atoms with Gasteiger partial charge in [0.1, 0.15) is 4.90 Å². The van der Waals surface area contributed by atoms with Gasteiger partial charge >= 0.3 is 0 Å². The van der Waals surface area contributed by atoms with E-state index in [2.05, 4.69) is 0 Å². The molecule has 2 aromatic rings. The number of carbonyl (C=O) groups excluding carboxylic acids is 1. The van der Waals surface area contributed by atoms with Crippen LogP contribution in [0, 0.1) is 0 Å². The van der Waals surface area contributed by atoms with Crippen LogP contribution < -0.4 is 5.73 Å². The molecule has 0 atom stereocenters. The fraction of sp³-hybridized carbons (Fsp3) is 0.0714. The summed E-state index contributed by atoms with van der Waals surface area (Å²) in [4.78, 5) is 12.3. The molecule has 0 spiro atoms. The summed E-state index contributed by atoms with van der Waals surface area (Å²) in [6.45, 7) is -0.102. The standard InChI is InChI=1S/C14H11ClN2O3S/c15-12-4-2-1-3-9(12)8-17-14(18)11-7-10(16)5-6-13(11)21(17,19)20/h1-7H,8,16H2. The van der Waals surface area contributed by atoms with Crippen molar-refractivity contribution < 1.29 is 13.2 Å². The second-order valence-electron chi connectivity index (χ2n) is 4.66. The highest BCUT2D eigenvalue weighted by atomic mass is 35.5. The van der Waals surface area contributed by atoms with E-state index >= 15 is 0 Å². The molecule has 0 fully saturated rings. The van der Waals surface area contributed by atoms with Gasteiger partial charge in [-0.2, -0.15) is 0 Å². The molecule has 0 radical (unpaired) electrons. The first-order valence-corrected chi connectivity index (χ1v) is 7.93. The molecule has 0 bridgehead atoms. The molecule has 1 heterocycles. The predicted molar refractivity (Wildman–Crippen MR) is 79.4 cm³/mol. The van der Waals surface area contributed by atoms with Crippen LogP contribution in [-0.4, -0.2) is 18.6 Å². The van der Waals surface area contributed by atoms with Crippen molar-refractivity contribution in [3.05, 3.63) is 58.6 Å². The molecule has 5 nitrogen and oxygen atoms in total. The highest BCUT2D eigenvalue weighted by Crippen LogP contribution is 2.33. The number of nitrogen functional groups attached to an aromatic ring is 1. The number of amides is 1. The molecular weight excluding hydrogens is 312 g/mol. The molecule has 3 rings (SSSR count). The first kappa shape index (κ1) is 13.9. The molecule has 0 aliphatic carbocycles. The van der Waals surface area contributed by atoms with E-state index < -0.39 is 15.9 Å². The maximum Gasteiger partial charge on any atom is 0.269 e. The number of anilines is 1. The number of rotatable bonds is 2. The molecule has 0 saturated heterocycles. The second kappa shape index (κ2) is 4.75. The summed E-state index contributed by atoms with van der Waals surface area (Å²) in [6, 6.07) is 11.0. The van der Waals surface area contributed by atoms with E-state index in [1.54, 1.807) is 24.3 Å². The lowest BCUT2D eigenvalue weighted by Gasteiger charge is -2.15. The second-order valence-corrected chi connectivity index (χ2v) is 6.90. The Morgan fingerprint density at radius 2 is 1.86 bits per heavy atom. The van der Waals surface area contributed by atoms with E-state index in [9.17, 15) is 13.2 Å². The number of sulfonamides is 1. The molecule has 1 amide bonds. The number of carbonyl (C=O) groups is 1. The molecule has 1 aliphatic heterocycles. The Balaban J connectivity index is 2.07. The van der Waals surface area contributed by atoms with Crippen LogP contribution in [0.4, 0.5) is 5.69 Å². The molecule has 2 N–H and O–H groups in total. The average molecular weight is 323 g/mol. The van der Waals surface area contributed by atoms with Crippen LogP contribution in [0.3, 0.4) is 0 Å². The van der Waals surface area contributed by atoms with Gasteiger partial charge in [-0.3, -0.25) is 4.79 Å². The number of hydrogen-bond donors (Lipinski definition) is 1. The average Bonchev–Trinajstić information content (AvgIpc) is 2.62. The molecule has 0 unspecified atom stereocenters. The van der Waals surface area contributed by atoms with Gasteiger partial charge in [-0.05, 0) is 29.8 Å². The Hall–Kier alpha value is -2.05. The molecule has 0 aromatic heterocycles. The Morgan fingerprint density at radius 3 is 2.57 bits per heavy atom. The number of halogens is 1. The van der Waals surface area contributed by atoms with Gasteiger partial charge in [0.25, 0.3) is 15.9 Å². The number of nitrogens with two attached hydrogens (primary N) is 1. The summed E-state index contributed by atoms with van der Waals surface area (Å²) < 4.78 is 25.7. The van der Waals surface area contributed by atoms with Gasteiger partial charge in [0.2, 0.25) is 0 Å². The number of benzene rings is 2. The summed E-state index contributed by atoms with van der Waals surface area (Å²) in [5.74, 6) is -0.586. The predicted octanol–water partition coefficient (Wildman–Crippen LogP) is 2.27. The van der Waals surface area contributed by atoms with Crippen molar-refractivity contribution >= 4 is 33.2 Å². The lowest BCUT2D eigenvalue weighted by atomic mass is 10.1. The van der Waals surface area contributed by atoms with Crippen molar-refractivity contribution in [1.29, 1.82) is 0 Å². The van der Waals surface area contributed by atoms with E-state index in [1.165, 1.54) is 18.2 Å². The highest BCUT2D eigenvalue weighted by molar-refractivity contribution is 7.90. The number of hydrogen-bond acceptors (Lipinski definition) is 4. The van der Waals surface area contributed by atoms with Crippen LogP contribution in [0.5, 0.6) is 0 Å². The van der Waals surface area contributed by atoms with Crippen LogP contribution in [0.1, 0.15) is 15.9 Å². The largest absolute Gasteiger partial charge is 0.399 e. The van der Waals surface area contributed by atoms with Crippen LogP contribution >= 0.6 is 11.6 Å². The van der Waals surface area contributed by atoms with Crippen LogP contribution in [0.25, 0.3) is 0 Å². The molecule has 0 saturated carbocycles. The lowest BCUT2D eigenvalue weighted by molar-refractivity contribution is 0.0865. The maximum absolute atomic E-state index is 12.4. The Morgan fingerprint density at radius 1 is 1.14 bits per heavy atom. The van der Waals surface area contributed by atoms with Crippen molar-refractivity contribution in [2.75, 3.05) is 5.73 Å². The van der Waals surface area contributed by atoms with Gasteiger partial charge in [-0.25, -0.2) is 12.7 Å². The van der Waals surface area contributed by atoms with Crippen LogP contribution in [-0.2, 0) is 16.6 Å². The van der Waals surface area contributed by atoms with Crippen molar-refractivity contribution in [2.24, 2.45) is 0 Å². The molecule has 21 heavy (non-hydrogen) atoms. The number of nitrogens with zero attached hydrogens (tertiary/aromatic N) is 1. The fourth-order valence-electron chi connectivity index (χ4n) is 2.24. The molecule has 108 valence electrons.